The molecule has 0 atom stereocenters. The second-order valence-corrected chi connectivity index (χ2v) is 10.9. The summed E-state index contributed by atoms with van der Waals surface area (Å²) in [5.74, 6) is 9.41. The Morgan fingerprint density at radius 3 is 0.900 bits per heavy atom. The molecule has 4 heteroatoms. The molecule has 0 bridgehead atoms. The average molecular weight is 400 g/mol. The predicted octanol–water partition coefficient (Wildman–Crippen LogP) is 1.12. The van der Waals surface area contributed by atoms with E-state index in [9.17, 15) is 0 Å². The van der Waals surface area contributed by atoms with Gasteiger partial charge in [0.05, 0.1) is 0 Å². The van der Waals surface area contributed by atoms with Gasteiger partial charge in [-0.1, -0.05) is 0 Å². The van der Waals surface area contributed by atoms with Crippen LogP contribution in [0.15, 0.2) is 6.74 Å². The fraction of sp³-hybridized carbons (Fsp3) is 0.667. The van der Waals surface area contributed by atoms with Crippen LogP contribution in [0.1, 0.15) is 0 Å². The summed E-state index contributed by atoms with van der Waals surface area (Å²) in [4.78, 5) is 0. The monoisotopic (exact) mass is 404 g/mol. The molecule has 0 rings (SSSR count). The van der Waals surface area contributed by atoms with Gasteiger partial charge in [-0.15, -0.1) is 0 Å². The van der Waals surface area contributed by atoms with Crippen LogP contribution in [-0.2, 0) is 0 Å². The minimum absolute atomic E-state index is 0.805. The van der Waals surface area contributed by atoms with Gasteiger partial charge in [0.2, 0.25) is 0 Å². The molecule has 0 aliphatic heterocycles. The minimum atomic E-state index is 0.805. The Morgan fingerprint density at radius 2 is 0.800 bits per heavy atom. The number of hydrogen-bond donors (Lipinski definition) is 0. The fourth-order valence-electron chi connectivity index (χ4n) is 0.500. The summed E-state index contributed by atoms with van der Waals surface area (Å²) in [6, 6.07) is 0. The maximum absolute atomic E-state index is 2.35. The first-order chi connectivity index (χ1) is 4.79. The first-order valence-electron chi connectivity index (χ1n) is 2.70. The summed E-state index contributed by atoms with van der Waals surface area (Å²) in [6.07, 6.45) is 0. The molecular weight excluding hydrogens is 388 g/mol. The standard InChI is InChI=1S/C6H12Se4/c1-7-5(8-2)6(9-3)10-4/h1-4H3. The van der Waals surface area contributed by atoms with Crippen molar-refractivity contribution < 1.29 is 0 Å². The van der Waals surface area contributed by atoms with Crippen LogP contribution in [0.5, 0.6) is 0 Å². The average Bonchev–Trinajstić information content (AvgIpc) is 2.00. The summed E-state index contributed by atoms with van der Waals surface area (Å²) >= 11 is 3.22. The Bertz CT molecular complexity index is 92.9. The normalized spacial score (nSPS) is 9.60. The molecule has 0 aliphatic carbocycles. The van der Waals surface area contributed by atoms with E-state index in [0.717, 1.165) is 59.8 Å². The van der Waals surface area contributed by atoms with E-state index >= 15 is 0 Å². The number of rotatable bonds is 4. The van der Waals surface area contributed by atoms with Crippen LogP contribution in [0, 0.1) is 0 Å². The van der Waals surface area contributed by atoms with Crippen LogP contribution >= 0.6 is 0 Å². The summed E-state index contributed by atoms with van der Waals surface area (Å²) in [7, 11) is 0. The van der Waals surface area contributed by atoms with E-state index in [1.54, 1.807) is 0 Å². The molecule has 0 heterocycles. The van der Waals surface area contributed by atoms with Gasteiger partial charge in [-0.2, -0.15) is 0 Å². The first-order valence-corrected chi connectivity index (χ1v) is 13.0. The van der Waals surface area contributed by atoms with Crippen molar-refractivity contribution in [1.82, 2.24) is 0 Å². The molecule has 0 spiro atoms. The Kier molecular flexibility index (Phi) is 8.82. The van der Waals surface area contributed by atoms with Gasteiger partial charge in [0, 0.05) is 0 Å². The van der Waals surface area contributed by atoms with Crippen molar-refractivity contribution in [2.24, 2.45) is 0 Å². The summed E-state index contributed by atoms with van der Waals surface area (Å²) in [5, 5.41) is 0. The van der Waals surface area contributed by atoms with Gasteiger partial charge in [-0.05, 0) is 0 Å². The molecular formula is C6H12Se4. The zero-order chi connectivity index (χ0) is 7.98. The molecule has 0 saturated heterocycles. The molecule has 0 N–H and O–H groups in total. The van der Waals surface area contributed by atoms with Crippen molar-refractivity contribution in [3.63, 3.8) is 0 Å². The Hall–Kier alpha value is 1.82. The Labute approximate surface area is 89.0 Å². The third-order valence-electron chi connectivity index (χ3n) is 0.908. The summed E-state index contributed by atoms with van der Waals surface area (Å²) in [6.45, 7) is 0. The second-order valence-electron chi connectivity index (χ2n) is 1.39. The molecule has 0 aromatic heterocycles. The SMILES string of the molecule is C[Se]C([Se]C)=C([Se]C)[Se]C. The molecule has 0 radical (unpaired) electrons. The molecule has 0 aliphatic rings. The topological polar surface area (TPSA) is 0 Å². The van der Waals surface area contributed by atoms with Crippen molar-refractivity contribution >= 4 is 59.8 Å². The molecule has 0 unspecified atom stereocenters. The van der Waals surface area contributed by atoms with Crippen LogP contribution in [-0.4, -0.2) is 59.8 Å². The molecule has 0 saturated carbocycles. The van der Waals surface area contributed by atoms with Crippen molar-refractivity contribution in [3.05, 3.63) is 6.74 Å². The van der Waals surface area contributed by atoms with Gasteiger partial charge in [0.15, 0.2) is 0 Å². The molecule has 0 fully saturated rings. The number of hydrogen-bond acceptors (Lipinski definition) is 0. The quantitative estimate of drug-likeness (QED) is 0.621. The van der Waals surface area contributed by atoms with Gasteiger partial charge in [-0.3, -0.25) is 0 Å². The first kappa shape index (κ1) is 11.8. The molecule has 0 aromatic rings. The fourth-order valence-corrected chi connectivity index (χ4v) is 13.5. The van der Waals surface area contributed by atoms with Crippen LogP contribution in [0.3, 0.4) is 0 Å². The van der Waals surface area contributed by atoms with Crippen LogP contribution in [0.4, 0.5) is 0 Å². The van der Waals surface area contributed by atoms with E-state index in [-0.39, 0.29) is 0 Å². The Morgan fingerprint density at radius 1 is 0.600 bits per heavy atom. The molecule has 0 amide bonds. The van der Waals surface area contributed by atoms with E-state index in [4.69, 9.17) is 0 Å². The van der Waals surface area contributed by atoms with Crippen molar-refractivity contribution in [2.45, 2.75) is 23.3 Å². The van der Waals surface area contributed by atoms with Crippen LogP contribution < -0.4 is 0 Å². The maximum atomic E-state index is 2.35. The van der Waals surface area contributed by atoms with Gasteiger partial charge >= 0.3 is 89.9 Å². The zero-order valence-corrected chi connectivity index (χ0v) is 13.5. The molecule has 0 nitrogen and oxygen atoms in total. The zero-order valence-electron chi connectivity index (χ0n) is 6.63. The van der Waals surface area contributed by atoms with E-state index in [1.807, 2.05) is 6.74 Å². The third-order valence-corrected chi connectivity index (χ3v) is 15.6. The van der Waals surface area contributed by atoms with Gasteiger partial charge in [-0.25, -0.2) is 0 Å². The summed E-state index contributed by atoms with van der Waals surface area (Å²) < 4.78 is 3.70. The molecule has 0 aromatic carbocycles. The van der Waals surface area contributed by atoms with Crippen LogP contribution in [0.2, 0.25) is 23.3 Å². The van der Waals surface area contributed by atoms with Gasteiger partial charge in [0.25, 0.3) is 0 Å². The molecule has 60 valence electrons. The van der Waals surface area contributed by atoms with E-state index in [2.05, 4.69) is 23.3 Å². The van der Waals surface area contributed by atoms with Crippen molar-refractivity contribution in [1.29, 1.82) is 0 Å². The Balaban J connectivity index is 4.20. The molecule has 10 heavy (non-hydrogen) atoms. The van der Waals surface area contributed by atoms with E-state index < -0.39 is 0 Å². The van der Waals surface area contributed by atoms with Crippen LogP contribution in [0.25, 0.3) is 0 Å². The second kappa shape index (κ2) is 7.47. The van der Waals surface area contributed by atoms with Crippen molar-refractivity contribution in [3.8, 4) is 0 Å². The van der Waals surface area contributed by atoms with Gasteiger partial charge in [0.1, 0.15) is 0 Å². The van der Waals surface area contributed by atoms with E-state index in [0.29, 0.717) is 0 Å². The van der Waals surface area contributed by atoms with Gasteiger partial charge < -0.3 is 0 Å². The third kappa shape index (κ3) is 4.00. The van der Waals surface area contributed by atoms with E-state index in [1.165, 1.54) is 0 Å². The summed E-state index contributed by atoms with van der Waals surface area (Å²) in [5.41, 5.74) is 0. The predicted molar refractivity (Wildman–Crippen MR) is 53.5 cm³/mol. The van der Waals surface area contributed by atoms with Crippen molar-refractivity contribution in [2.75, 3.05) is 0 Å².